The van der Waals surface area contributed by atoms with Gasteiger partial charge in [-0.3, -0.25) is 9.59 Å². The number of aryl methyl sites for hydroxylation is 2. The molecule has 1 aromatic heterocycles. The van der Waals surface area contributed by atoms with Gasteiger partial charge in [-0.1, -0.05) is 12.1 Å². The van der Waals surface area contributed by atoms with Gasteiger partial charge in [0.15, 0.2) is 0 Å². The summed E-state index contributed by atoms with van der Waals surface area (Å²) in [5.74, 6) is 0.851. The molecule has 0 spiro atoms. The molecule has 4 rings (SSSR count). The van der Waals surface area contributed by atoms with Crippen LogP contribution in [0.3, 0.4) is 0 Å². The molecule has 0 aliphatic carbocycles. The average Bonchev–Trinajstić information content (AvgIpc) is 3.25. The van der Waals surface area contributed by atoms with Crippen LogP contribution >= 0.6 is 0 Å². The highest BCUT2D eigenvalue weighted by Crippen LogP contribution is 2.39. The van der Waals surface area contributed by atoms with Gasteiger partial charge in [0.25, 0.3) is 0 Å². The van der Waals surface area contributed by atoms with Crippen molar-refractivity contribution in [2.24, 2.45) is 5.41 Å². The second-order valence-electron chi connectivity index (χ2n) is 9.34. The Balaban J connectivity index is 1.55. The molecule has 2 saturated heterocycles. The fourth-order valence-electron chi connectivity index (χ4n) is 5.14. The van der Waals surface area contributed by atoms with Crippen LogP contribution in [0.1, 0.15) is 54.9 Å². The third-order valence-electron chi connectivity index (χ3n) is 6.92. The largest absolute Gasteiger partial charge is 0.343 e. The Bertz CT molecular complexity index is 979. The number of carbonyl (C=O) groups is 2. The van der Waals surface area contributed by atoms with Gasteiger partial charge < -0.3 is 9.80 Å². The van der Waals surface area contributed by atoms with Gasteiger partial charge in [0.05, 0.1) is 5.41 Å². The minimum atomic E-state index is -0.581. The van der Waals surface area contributed by atoms with E-state index < -0.39 is 5.41 Å². The molecule has 2 aromatic rings. The van der Waals surface area contributed by atoms with Crippen molar-refractivity contribution < 1.29 is 14.0 Å². The van der Waals surface area contributed by atoms with Crippen LogP contribution in [0.15, 0.2) is 30.3 Å². The number of rotatable bonds is 4. The van der Waals surface area contributed by atoms with E-state index in [1.165, 1.54) is 12.1 Å². The van der Waals surface area contributed by atoms with Crippen LogP contribution in [0, 0.1) is 25.1 Å². The smallest absolute Gasteiger partial charge is 0.229 e. The molecule has 0 saturated carbocycles. The standard InChI is InChI=1S/C25H31FN4O2/c1-17-14-18(2)28-23(27-17)21-8-11-30(16-21)24(32)25(9-12-29(13-10-25)19(3)31)15-20-4-6-22(26)7-5-20/h4-7,14,21H,8-13,15-16H2,1-3H3. The van der Waals surface area contributed by atoms with Gasteiger partial charge in [-0.2, -0.15) is 0 Å². The normalized spacial score (nSPS) is 20.4. The van der Waals surface area contributed by atoms with Crippen LogP contribution in [0.5, 0.6) is 0 Å². The molecule has 2 fully saturated rings. The zero-order valence-corrected chi connectivity index (χ0v) is 19.1. The highest BCUT2D eigenvalue weighted by Gasteiger charge is 2.45. The van der Waals surface area contributed by atoms with E-state index in [9.17, 15) is 14.0 Å². The van der Waals surface area contributed by atoms with Gasteiger partial charge in [0.1, 0.15) is 11.6 Å². The van der Waals surface area contributed by atoms with Gasteiger partial charge in [-0.15, -0.1) is 0 Å². The second kappa shape index (κ2) is 8.96. The molecule has 0 N–H and O–H groups in total. The van der Waals surface area contributed by atoms with Crippen LogP contribution in [-0.2, 0) is 16.0 Å². The van der Waals surface area contributed by atoms with Gasteiger partial charge >= 0.3 is 0 Å². The van der Waals surface area contributed by atoms with Crippen LogP contribution in [0.4, 0.5) is 4.39 Å². The van der Waals surface area contributed by atoms with Crippen molar-refractivity contribution in [1.29, 1.82) is 0 Å². The molecule has 3 heterocycles. The van der Waals surface area contributed by atoms with Crippen molar-refractivity contribution in [3.05, 3.63) is 58.9 Å². The Morgan fingerprint density at radius 1 is 1.03 bits per heavy atom. The summed E-state index contributed by atoms with van der Waals surface area (Å²) in [4.78, 5) is 38.8. The third kappa shape index (κ3) is 4.66. The summed E-state index contributed by atoms with van der Waals surface area (Å²) < 4.78 is 13.4. The molecule has 1 aromatic carbocycles. The summed E-state index contributed by atoms with van der Waals surface area (Å²) in [6.07, 6.45) is 2.63. The molecule has 2 aliphatic rings. The van der Waals surface area contributed by atoms with Crippen molar-refractivity contribution >= 4 is 11.8 Å². The lowest BCUT2D eigenvalue weighted by atomic mass is 9.72. The number of nitrogens with zero attached hydrogens (tertiary/aromatic N) is 4. The maximum Gasteiger partial charge on any atom is 0.229 e. The number of piperidine rings is 1. The molecular weight excluding hydrogens is 407 g/mol. The Labute approximate surface area is 188 Å². The summed E-state index contributed by atoms with van der Waals surface area (Å²) in [7, 11) is 0. The fourth-order valence-corrected chi connectivity index (χ4v) is 5.14. The average molecular weight is 439 g/mol. The van der Waals surface area contributed by atoms with E-state index in [0.29, 0.717) is 45.4 Å². The zero-order chi connectivity index (χ0) is 22.9. The molecule has 7 heteroatoms. The first-order valence-electron chi connectivity index (χ1n) is 11.4. The first-order valence-corrected chi connectivity index (χ1v) is 11.4. The lowest BCUT2D eigenvalue weighted by Gasteiger charge is -2.42. The Hall–Kier alpha value is -2.83. The van der Waals surface area contributed by atoms with E-state index in [0.717, 1.165) is 29.2 Å². The summed E-state index contributed by atoms with van der Waals surface area (Å²) in [6, 6.07) is 8.38. The van der Waals surface area contributed by atoms with Crippen LogP contribution < -0.4 is 0 Å². The lowest BCUT2D eigenvalue weighted by Crippen LogP contribution is -2.51. The molecule has 32 heavy (non-hydrogen) atoms. The first-order chi connectivity index (χ1) is 15.3. The Morgan fingerprint density at radius 2 is 1.66 bits per heavy atom. The summed E-state index contributed by atoms with van der Waals surface area (Å²) >= 11 is 0. The number of carbonyl (C=O) groups excluding carboxylic acids is 2. The number of hydrogen-bond acceptors (Lipinski definition) is 4. The maximum absolute atomic E-state index is 13.9. The molecule has 0 radical (unpaired) electrons. The van der Waals surface area contributed by atoms with E-state index in [1.807, 2.05) is 29.7 Å². The number of aromatic nitrogens is 2. The fraction of sp³-hybridized carbons (Fsp3) is 0.520. The molecule has 1 atom stereocenters. The molecule has 1 unspecified atom stereocenters. The molecular formula is C25H31FN4O2. The van der Waals surface area contributed by atoms with Crippen molar-refractivity contribution in [3.8, 4) is 0 Å². The van der Waals surface area contributed by atoms with Crippen LogP contribution in [0.25, 0.3) is 0 Å². The molecule has 170 valence electrons. The number of halogens is 1. The number of benzene rings is 1. The van der Waals surface area contributed by atoms with Crippen molar-refractivity contribution in [2.75, 3.05) is 26.2 Å². The van der Waals surface area contributed by atoms with E-state index in [2.05, 4.69) is 9.97 Å². The maximum atomic E-state index is 13.9. The number of likely N-dealkylation sites (tertiary alicyclic amines) is 2. The molecule has 0 bridgehead atoms. The van der Waals surface area contributed by atoms with E-state index in [1.54, 1.807) is 19.1 Å². The Morgan fingerprint density at radius 3 is 2.25 bits per heavy atom. The highest BCUT2D eigenvalue weighted by atomic mass is 19.1. The summed E-state index contributed by atoms with van der Waals surface area (Å²) in [5.41, 5.74) is 2.26. The van der Waals surface area contributed by atoms with Gasteiger partial charge in [0.2, 0.25) is 11.8 Å². The molecule has 6 nitrogen and oxygen atoms in total. The minimum Gasteiger partial charge on any atom is -0.343 e. The zero-order valence-electron chi connectivity index (χ0n) is 19.1. The lowest BCUT2D eigenvalue weighted by molar-refractivity contribution is -0.147. The highest BCUT2D eigenvalue weighted by molar-refractivity contribution is 5.84. The van der Waals surface area contributed by atoms with Crippen LogP contribution in [-0.4, -0.2) is 57.8 Å². The van der Waals surface area contributed by atoms with Gasteiger partial charge in [-0.05, 0) is 63.3 Å². The van der Waals surface area contributed by atoms with Gasteiger partial charge in [0, 0.05) is 50.4 Å². The predicted octanol–water partition coefficient (Wildman–Crippen LogP) is 3.42. The first kappa shape index (κ1) is 22.4. The van der Waals surface area contributed by atoms with Crippen LogP contribution in [0.2, 0.25) is 0 Å². The SMILES string of the molecule is CC(=O)N1CCC(Cc2ccc(F)cc2)(C(=O)N2CCC(c3nc(C)cc(C)n3)C2)CC1. The topological polar surface area (TPSA) is 66.4 Å². The summed E-state index contributed by atoms with van der Waals surface area (Å²) in [6.45, 7) is 7.95. The third-order valence-corrected chi connectivity index (χ3v) is 6.92. The van der Waals surface area contributed by atoms with Crippen molar-refractivity contribution in [3.63, 3.8) is 0 Å². The molecule has 2 amide bonds. The summed E-state index contributed by atoms with van der Waals surface area (Å²) in [5, 5.41) is 0. The monoisotopic (exact) mass is 438 g/mol. The number of hydrogen-bond donors (Lipinski definition) is 0. The Kier molecular flexibility index (Phi) is 6.26. The van der Waals surface area contributed by atoms with E-state index >= 15 is 0 Å². The van der Waals surface area contributed by atoms with Crippen molar-refractivity contribution in [2.45, 2.75) is 52.4 Å². The second-order valence-corrected chi connectivity index (χ2v) is 9.34. The quantitative estimate of drug-likeness (QED) is 0.734. The van der Waals surface area contributed by atoms with E-state index in [4.69, 9.17) is 0 Å². The van der Waals surface area contributed by atoms with Gasteiger partial charge in [-0.25, -0.2) is 14.4 Å². The molecule has 2 aliphatic heterocycles. The predicted molar refractivity (Wildman–Crippen MR) is 119 cm³/mol. The number of amides is 2. The minimum absolute atomic E-state index is 0.0426. The van der Waals surface area contributed by atoms with Crippen molar-refractivity contribution in [1.82, 2.24) is 19.8 Å². The van der Waals surface area contributed by atoms with E-state index in [-0.39, 0.29) is 23.5 Å².